The second-order valence-electron chi connectivity index (χ2n) is 7.20. The smallest absolute Gasteiger partial charge is 0.216 e. The van der Waals surface area contributed by atoms with Crippen LogP contribution in [0.4, 0.5) is 0 Å². The molecule has 2 aliphatic rings. The minimum atomic E-state index is -3.24. The van der Waals surface area contributed by atoms with Gasteiger partial charge in [-0.3, -0.25) is 4.99 Å². The third-order valence-corrected chi connectivity index (χ3v) is 6.67. The first-order valence-corrected chi connectivity index (χ1v) is 11.1. The van der Waals surface area contributed by atoms with Crippen molar-refractivity contribution in [1.82, 2.24) is 14.5 Å². The van der Waals surface area contributed by atoms with Gasteiger partial charge in [-0.15, -0.1) is 24.0 Å². The predicted molar refractivity (Wildman–Crippen MR) is 117 cm³/mol. The molecule has 1 saturated heterocycles. The van der Waals surface area contributed by atoms with Crippen LogP contribution in [0, 0.1) is 5.92 Å². The molecule has 0 bridgehead atoms. The van der Waals surface area contributed by atoms with Gasteiger partial charge in [-0.25, -0.2) is 8.42 Å². The summed E-state index contributed by atoms with van der Waals surface area (Å²) in [5.74, 6) is 1.73. The highest BCUT2D eigenvalue weighted by atomic mass is 127. The van der Waals surface area contributed by atoms with Gasteiger partial charge in [-0.05, 0) is 32.6 Å². The van der Waals surface area contributed by atoms with Crippen LogP contribution in [0.5, 0.6) is 0 Å². The minimum Gasteiger partial charge on any atom is -0.378 e. The normalized spacial score (nSPS) is 24.5. The predicted octanol–water partition coefficient (Wildman–Crippen LogP) is 1.74. The van der Waals surface area contributed by atoms with Crippen LogP contribution < -0.4 is 5.32 Å². The molecule has 0 radical (unpaired) electrons. The fraction of sp³-hybridized carbons (Fsp3) is 0.941. The molecule has 9 heteroatoms. The maximum Gasteiger partial charge on any atom is 0.216 e. The summed E-state index contributed by atoms with van der Waals surface area (Å²) >= 11 is 0. The van der Waals surface area contributed by atoms with Crippen LogP contribution in [0.25, 0.3) is 0 Å². The number of ether oxygens (including phenoxy) is 1. The van der Waals surface area contributed by atoms with Crippen molar-refractivity contribution < 1.29 is 13.2 Å². The van der Waals surface area contributed by atoms with Crippen molar-refractivity contribution in [2.75, 3.05) is 45.6 Å². The van der Waals surface area contributed by atoms with Crippen LogP contribution in [0.3, 0.4) is 0 Å². The van der Waals surface area contributed by atoms with Crippen molar-refractivity contribution in [3.05, 3.63) is 0 Å². The molecule has 1 N–H and O–H groups in total. The average Bonchev–Trinajstić information content (AvgIpc) is 3.30. The fourth-order valence-corrected chi connectivity index (χ4v) is 4.56. The number of nitrogens with zero attached hydrogens (tertiary/aromatic N) is 3. The molecule has 1 saturated carbocycles. The molecule has 2 atom stereocenters. The van der Waals surface area contributed by atoms with Gasteiger partial charge in [0.15, 0.2) is 5.96 Å². The van der Waals surface area contributed by atoms with Gasteiger partial charge < -0.3 is 15.0 Å². The summed E-state index contributed by atoms with van der Waals surface area (Å²) in [5, 5.41) is 3.53. The van der Waals surface area contributed by atoms with Gasteiger partial charge in [0, 0.05) is 39.3 Å². The van der Waals surface area contributed by atoms with Crippen LogP contribution in [0.2, 0.25) is 0 Å². The SMILES string of the molecule is CCCC1CC1NC(=NC)N1CCN(S(=O)(=O)CCOC(C)C)CC1.I. The molecule has 0 aromatic carbocycles. The topological polar surface area (TPSA) is 74.2 Å². The van der Waals surface area contributed by atoms with Crippen LogP contribution in [-0.2, 0) is 14.8 Å². The zero-order valence-electron chi connectivity index (χ0n) is 16.5. The summed E-state index contributed by atoms with van der Waals surface area (Å²) in [6.45, 7) is 8.66. The highest BCUT2D eigenvalue weighted by molar-refractivity contribution is 14.0. The maximum atomic E-state index is 12.4. The maximum absolute atomic E-state index is 12.4. The van der Waals surface area contributed by atoms with E-state index < -0.39 is 10.0 Å². The van der Waals surface area contributed by atoms with Crippen LogP contribution >= 0.6 is 24.0 Å². The van der Waals surface area contributed by atoms with Crippen molar-refractivity contribution in [2.45, 2.75) is 52.2 Å². The third-order valence-electron chi connectivity index (χ3n) is 4.83. The quantitative estimate of drug-likeness (QED) is 0.311. The van der Waals surface area contributed by atoms with E-state index in [9.17, 15) is 8.42 Å². The van der Waals surface area contributed by atoms with Crippen LogP contribution in [-0.4, -0.2) is 81.3 Å². The number of rotatable bonds is 8. The average molecular weight is 502 g/mol. The van der Waals surface area contributed by atoms with E-state index >= 15 is 0 Å². The molecule has 0 spiro atoms. The Morgan fingerprint density at radius 2 is 1.92 bits per heavy atom. The Balaban J connectivity index is 0.00000338. The van der Waals surface area contributed by atoms with E-state index in [2.05, 4.69) is 22.1 Å². The Kier molecular flexibility index (Phi) is 10.1. The van der Waals surface area contributed by atoms with E-state index in [-0.39, 0.29) is 42.4 Å². The summed E-state index contributed by atoms with van der Waals surface area (Å²) in [6.07, 6.45) is 3.76. The fourth-order valence-electron chi connectivity index (χ4n) is 3.27. The van der Waals surface area contributed by atoms with Gasteiger partial charge in [0.05, 0.1) is 18.5 Å². The van der Waals surface area contributed by atoms with Gasteiger partial charge in [0.1, 0.15) is 0 Å². The van der Waals surface area contributed by atoms with E-state index in [1.54, 1.807) is 11.4 Å². The number of nitrogens with one attached hydrogen (secondary N) is 1. The molecule has 0 aromatic heterocycles. The lowest BCUT2D eigenvalue weighted by atomic mass is 10.2. The first-order chi connectivity index (χ1) is 11.9. The molecule has 154 valence electrons. The van der Waals surface area contributed by atoms with Gasteiger partial charge >= 0.3 is 0 Å². The summed E-state index contributed by atoms with van der Waals surface area (Å²) < 4.78 is 31.8. The molecule has 26 heavy (non-hydrogen) atoms. The molecular weight excluding hydrogens is 467 g/mol. The highest BCUT2D eigenvalue weighted by Gasteiger charge is 2.38. The minimum absolute atomic E-state index is 0. The molecular formula is C17H35IN4O3S. The Hall–Kier alpha value is -0.130. The lowest BCUT2D eigenvalue weighted by Crippen LogP contribution is -2.54. The molecule has 2 unspecified atom stereocenters. The van der Waals surface area contributed by atoms with Gasteiger partial charge in [-0.2, -0.15) is 4.31 Å². The number of hydrogen-bond donors (Lipinski definition) is 1. The monoisotopic (exact) mass is 502 g/mol. The van der Waals surface area contributed by atoms with E-state index in [1.807, 2.05) is 13.8 Å². The van der Waals surface area contributed by atoms with Crippen molar-refractivity contribution in [3.8, 4) is 0 Å². The second-order valence-corrected chi connectivity index (χ2v) is 9.29. The molecule has 1 aliphatic heterocycles. The zero-order valence-corrected chi connectivity index (χ0v) is 19.6. The molecule has 2 fully saturated rings. The van der Waals surface area contributed by atoms with E-state index in [0.717, 1.165) is 11.9 Å². The van der Waals surface area contributed by atoms with E-state index in [4.69, 9.17) is 4.74 Å². The standard InChI is InChI=1S/C17H34N4O3S.HI/c1-5-6-15-13-16(15)19-17(18-4)20-7-9-21(10-8-20)25(22,23)12-11-24-14(2)3;/h14-16H,5-13H2,1-4H3,(H,18,19);1H. The Morgan fingerprint density at radius 3 is 2.46 bits per heavy atom. The van der Waals surface area contributed by atoms with Crippen LogP contribution in [0.15, 0.2) is 4.99 Å². The van der Waals surface area contributed by atoms with E-state index in [0.29, 0.717) is 32.2 Å². The number of guanidine groups is 1. The van der Waals surface area contributed by atoms with Gasteiger partial charge in [0.25, 0.3) is 0 Å². The summed E-state index contributed by atoms with van der Waals surface area (Å²) in [5.41, 5.74) is 0. The Bertz CT molecular complexity index is 548. The van der Waals surface area contributed by atoms with E-state index in [1.165, 1.54) is 19.3 Å². The molecule has 0 amide bonds. The molecule has 2 rings (SSSR count). The Labute approximate surface area is 176 Å². The summed E-state index contributed by atoms with van der Waals surface area (Å²) in [7, 11) is -1.44. The number of aliphatic imine (C=N–C) groups is 1. The lowest BCUT2D eigenvalue weighted by Gasteiger charge is -2.36. The van der Waals surface area contributed by atoms with Crippen molar-refractivity contribution >= 4 is 40.0 Å². The second kappa shape index (κ2) is 11.0. The molecule has 0 aromatic rings. The molecule has 7 nitrogen and oxygen atoms in total. The lowest BCUT2D eigenvalue weighted by molar-refractivity contribution is 0.0904. The number of sulfonamides is 1. The van der Waals surface area contributed by atoms with Gasteiger partial charge in [0.2, 0.25) is 10.0 Å². The molecule has 1 heterocycles. The first-order valence-electron chi connectivity index (χ1n) is 9.45. The summed E-state index contributed by atoms with van der Waals surface area (Å²) in [6, 6.07) is 0.536. The molecule has 1 aliphatic carbocycles. The number of hydrogen-bond acceptors (Lipinski definition) is 4. The zero-order chi connectivity index (χ0) is 18.4. The van der Waals surface area contributed by atoms with Crippen LogP contribution in [0.1, 0.15) is 40.0 Å². The van der Waals surface area contributed by atoms with Crippen molar-refractivity contribution in [3.63, 3.8) is 0 Å². The number of halogens is 1. The third kappa shape index (κ3) is 7.12. The Morgan fingerprint density at radius 1 is 1.27 bits per heavy atom. The number of piperazine rings is 1. The first kappa shape index (κ1) is 23.9. The summed E-state index contributed by atoms with van der Waals surface area (Å²) in [4.78, 5) is 6.55. The highest BCUT2D eigenvalue weighted by Crippen LogP contribution is 2.34. The van der Waals surface area contributed by atoms with Crippen molar-refractivity contribution in [1.29, 1.82) is 0 Å². The van der Waals surface area contributed by atoms with Crippen molar-refractivity contribution in [2.24, 2.45) is 10.9 Å². The largest absolute Gasteiger partial charge is 0.378 e. The van der Waals surface area contributed by atoms with Gasteiger partial charge in [-0.1, -0.05) is 13.3 Å².